The van der Waals surface area contributed by atoms with Crippen LogP contribution in [0.15, 0.2) is 44.5 Å². The van der Waals surface area contributed by atoms with Gasteiger partial charge in [-0.2, -0.15) is 0 Å². The van der Waals surface area contributed by atoms with E-state index in [0.717, 1.165) is 0 Å². The van der Waals surface area contributed by atoms with E-state index in [1.807, 2.05) is 6.92 Å². The molecule has 1 radical (unpaired) electrons. The fraction of sp³-hybridized carbons (Fsp3) is 0.385. The minimum Gasteiger partial charge on any atom is -0.521 e. The smallest absolute Gasteiger partial charge is 0 e. The molecule has 0 rings (SSSR count). The first-order valence-electron chi connectivity index (χ1n) is 2.97. The average Bonchev–Trinajstić information content (AvgIpc) is 2.26. The third-order valence-corrected chi connectivity index (χ3v) is 0.167. The third-order valence-electron chi connectivity index (χ3n) is 0.167. The van der Waals surface area contributed by atoms with Crippen molar-refractivity contribution in [2.45, 2.75) is 36.6 Å². The predicted octanol–water partition coefficient (Wildman–Crippen LogP) is 6.86. The molecule has 0 aliphatic rings. The summed E-state index contributed by atoms with van der Waals surface area (Å²) in [5.41, 5.74) is 0. The monoisotopic (exact) mass is 1040 g/mol. The standard InChI is InChI=1S/C4H6.C3H6.C2H3.4CH4.I3.I2.HI.Y/c1-3-4-2;1-3-2;1-2;;;;;1-3-2;1-2;;/h3-4H,1-2H2;3H,1H2,2H3;1H,2H2;4*1H4;;;1H;/q;;-1;;;;;-1;;;. The Kier molecular flexibility index (Phi) is 616. The van der Waals surface area contributed by atoms with Gasteiger partial charge >= 0.3 is 50.5 Å². The second kappa shape index (κ2) is 166. The van der Waals surface area contributed by atoms with Crippen LogP contribution in [0.4, 0.5) is 0 Å². The van der Waals surface area contributed by atoms with E-state index < -0.39 is 0 Å². The summed E-state index contributed by atoms with van der Waals surface area (Å²) in [6, 6.07) is 0. The first kappa shape index (κ1) is 74.3. The van der Waals surface area contributed by atoms with Gasteiger partial charge in [-0.05, 0) is 6.92 Å². The van der Waals surface area contributed by atoms with Crippen molar-refractivity contribution in [2.75, 3.05) is 0 Å². The molecule has 0 saturated carbocycles. The van der Waals surface area contributed by atoms with E-state index in [0.29, 0.717) is 13.3 Å². The first-order valence-corrected chi connectivity index (χ1v) is 21.8. The van der Waals surface area contributed by atoms with Crippen molar-refractivity contribution in [1.29, 1.82) is 0 Å². The van der Waals surface area contributed by atoms with E-state index >= 15 is 0 Å². The molecule has 0 atom stereocenters. The SMILES string of the molecule is C.C.C.C.C=CC.C=CC=C.I.II.I[I-]I.[CH-]=C.[Y]. The molecule has 0 bridgehead atoms. The molecule has 0 aromatic rings. The van der Waals surface area contributed by atoms with E-state index in [9.17, 15) is 0 Å². The normalized spacial score (nSPS) is 3.25. The Hall–Kier alpha value is 4.44. The van der Waals surface area contributed by atoms with Crippen LogP contribution in [0.1, 0.15) is 36.6 Å². The van der Waals surface area contributed by atoms with Crippen LogP contribution < -0.4 is 13.3 Å². The van der Waals surface area contributed by atoms with Crippen molar-refractivity contribution in [1.82, 2.24) is 0 Å². The van der Waals surface area contributed by atoms with Crippen molar-refractivity contribution < 1.29 is 46.0 Å². The van der Waals surface area contributed by atoms with Crippen LogP contribution in [0.2, 0.25) is 0 Å². The van der Waals surface area contributed by atoms with Crippen molar-refractivity contribution >= 4 is 98.4 Å². The molecule has 20 heavy (non-hydrogen) atoms. The van der Waals surface area contributed by atoms with Crippen molar-refractivity contribution in [3.05, 3.63) is 51.1 Å². The third kappa shape index (κ3) is 348. The van der Waals surface area contributed by atoms with Gasteiger partial charge < -0.3 is 6.58 Å². The Labute approximate surface area is 226 Å². The molecule has 0 spiro atoms. The quantitative estimate of drug-likeness (QED) is 0.117. The van der Waals surface area contributed by atoms with Crippen molar-refractivity contribution in [3.63, 3.8) is 0 Å². The maximum atomic E-state index is 4.25. The van der Waals surface area contributed by atoms with Crippen LogP contribution in [-0.2, 0) is 32.7 Å². The van der Waals surface area contributed by atoms with E-state index in [1.165, 1.54) is 0 Å². The molecule has 0 aliphatic heterocycles. The Morgan fingerprint density at radius 1 is 0.850 bits per heavy atom. The number of allylic oxidation sites excluding steroid dienone is 3. The van der Waals surface area contributed by atoms with Crippen LogP contribution in [0, 0.1) is 6.58 Å². The van der Waals surface area contributed by atoms with Gasteiger partial charge in [0.15, 0.2) is 0 Å². The van der Waals surface area contributed by atoms with Crippen LogP contribution >= 0.6 is 98.4 Å². The van der Waals surface area contributed by atoms with Gasteiger partial charge in [-0.3, -0.25) is 6.58 Å². The summed E-state index contributed by atoms with van der Waals surface area (Å²) in [5, 5.41) is 0. The summed E-state index contributed by atoms with van der Waals surface area (Å²) in [6.07, 6.45) is 5.03. The molecule has 0 heterocycles. The summed E-state index contributed by atoms with van der Waals surface area (Å²) in [7, 11) is 0. The molecule has 0 fully saturated rings. The summed E-state index contributed by atoms with van der Waals surface area (Å²) in [6.45, 7) is 19.0. The largest absolute Gasteiger partial charge is 0.521 e. The maximum Gasteiger partial charge on any atom is 0 e. The van der Waals surface area contributed by atoms with Crippen molar-refractivity contribution in [2.24, 2.45) is 0 Å². The van der Waals surface area contributed by atoms with Crippen molar-refractivity contribution in [3.8, 4) is 0 Å². The minimum absolute atomic E-state index is 0. The van der Waals surface area contributed by atoms with Crippen LogP contribution in [-0.4, -0.2) is 0 Å². The van der Waals surface area contributed by atoms with E-state index in [1.54, 1.807) is 18.2 Å². The van der Waals surface area contributed by atoms with Gasteiger partial charge in [0, 0.05) is 69.9 Å². The molecule has 0 amide bonds. The second-order valence-corrected chi connectivity index (χ2v) is 17.2. The predicted molar refractivity (Wildman–Crippen MR) is 145 cm³/mol. The number of hydrogen-bond donors (Lipinski definition) is 0. The first-order chi connectivity index (χ1) is 6.74. The Morgan fingerprint density at radius 3 is 0.900 bits per heavy atom. The molecule has 0 nitrogen and oxygen atoms in total. The summed E-state index contributed by atoms with van der Waals surface area (Å²) in [4.78, 5) is 0. The van der Waals surface area contributed by atoms with E-state index in [-0.39, 0.29) is 86.4 Å². The summed E-state index contributed by atoms with van der Waals surface area (Å²) < 4.78 is 0. The van der Waals surface area contributed by atoms with Gasteiger partial charge in [0.2, 0.25) is 0 Å². The summed E-state index contributed by atoms with van der Waals surface area (Å²) >= 11 is 9.54. The topological polar surface area (TPSA) is 0 Å². The number of rotatable bonds is 1. The number of hydrogen-bond acceptors (Lipinski definition) is 0. The molecule has 0 aromatic carbocycles. The zero-order valence-corrected chi connectivity index (χ0v) is 25.0. The summed E-state index contributed by atoms with van der Waals surface area (Å²) in [5.74, 6) is 0. The second-order valence-electron chi connectivity index (χ2n) is 0.934. The minimum atomic E-state index is 0. The maximum absolute atomic E-state index is 4.25. The van der Waals surface area contributed by atoms with E-state index in [4.69, 9.17) is 0 Å². The van der Waals surface area contributed by atoms with Gasteiger partial charge in [0.05, 0.1) is 0 Å². The van der Waals surface area contributed by atoms with Crippen LogP contribution in [0.25, 0.3) is 0 Å². The zero-order chi connectivity index (χ0) is 12.8. The van der Waals surface area contributed by atoms with Crippen LogP contribution in [0.5, 0.6) is 0 Å². The fourth-order valence-corrected chi connectivity index (χ4v) is 0. The molecule has 0 unspecified atom stereocenters. The van der Waals surface area contributed by atoms with Gasteiger partial charge in [-0.25, -0.2) is 0 Å². The molecular weight excluding hydrogens is 1010 g/mol. The molecule has 0 N–H and O–H groups in total. The molecular formula is C13H32I6Y-2. The zero-order valence-electron chi connectivity index (χ0n) is 9.01. The molecule has 7 heteroatoms. The van der Waals surface area contributed by atoms with Gasteiger partial charge in [-0.1, -0.05) is 61.1 Å². The van der Waals surface area contributed by atoms with Gasteiger partial charge in [0.25, 0.3) is 0 Å². The average molecular weight is 1040 g/mol. The Morgan fingerprint density at radius 2 is 0.900 bits per heavy atom. The van der Waals surface area contributed by atoms with Crippen LogP contribution in [0.3, 0.4) is 0 Å². The fourth-order valence-electron chi connectivity index (χ4n) is 0. The Bertz CT molecular complexity index is 86.9. The Balaban J connectivity index is -0.00000000534. The molecule has 0 saturated heterocycles. The van der Waals surface area contributed by atoms with Gasteiger partial charge in [-0.15, -0.1) is 30.6 Å². The van der Waals surface area contributed by atoms with E-state index in [2.05, 4.69) is 107 Å². The number of halogens is 6. The molecule has 0 aliphatic carbocycles. The van der Waals surface area contributed by atoms with Gasteiger partial charge in [0.1, 0.15) is 0 Å². The molecule has 131 valence electrons. The molecule has 0 aromatic heterocycles.